The van der Waals surface area contributed by atoms with Crippen LogP contribution in [0.5, 0.6) is 0 Å². The second-order valence-corrected chi connectivity index (χ2v) is 2.93. The number of ether oxygens (including phenoxy) is 1. The number of esters is 1. The summed E-state index contributed by atoms with van der Waals surface area (Å²) < 4.78 is 4.50. The second-order valence-electron chi connectivity index (χ2n) is 2.93. The minimum Gasteiger partial charge on any atom is -0.480 e. The molecule has 1 aromatic carbocycles. The van der Waals surface area contributed by atoms with Gasteiger partial charge >= 0.3 is 11.9 Å². The number of carbonyl (C=O) groups excluding carboxylic acids is 1. The van der Waals surface area contributed by atoms with Gasteiger partial charge in [0.15, 0.2) is 0 Å². The molecule has 0 aliphatic carbocycles. The Labute approximate surface area is 86.5 Å². The minimum absolute atomic E-state index is 0.360. The predicted molar refractivity (Wildman–Crippen MR) is 52.3 cm³/mol. The average molecular weight is 209 g/mol. The molecule has 0 unspecified atom stereocenters. The zero-order valence-electron chi connectivity index (χ0n) is 8.14. The molecule has 0 aliphatic heterocycles. The molecule has 5 nitrogen and oxygen atoms in total. The van der Waals surface area contributed by atoms with E-state index in [1.165, 1.54) is 31.4 Å². The molecule has 0 spiro atoms. The van der Waals surface area contributed by atoms with Crippen LogP contribution in [0.25, 0.3) is 0 Å². The fraction of sp³-hybridized carbons (Fsp3) is 0.200. The Balaban J connectivity index is 2.90. The van der Waals surface area contributed by atoms with Crippen molar-refractivity contribution in [1.29, 1.82) is 0 Å². The van der Waals surface area contributed by atoms with Crippen LogP contribution in [0.1, 0.15) is 22.0 Å². The predicted octanol–water partition coefficient (Wildman–Crippen LogP) is 0.558. The number of hydrogen-bond donors (Lipinski definition) is 2. The summed E-state index contributed by atoms with van der Waals surface area (Å²) in [6.45, 7) is 0. The van der Waals surface area contributed by atoms with Crippen LogP contribution >= 0.6 is 0 Å². The largest absolute Gasteiger partial charge is 0.480 e. The van der Waals surface area contributed by atoms with Gasteiger partial charge in [-0.2, -0.15) is 0 Å². The number of hydrogen-bond acceptors (Lipinski definition) is 4. The summed E-state index contributed by atoms with van der Waals surface area (Å²) in [5, 5.41) is 8.64. The highest BCUT2D eigenvalue weighted by Gasteiger charge is 2.14. The lowest BCUT2D eigenvalue weighted by Gasteiger charge is -2.06. The molecular weight excluding hydrogens is 198 g/mol. The molecule has 0 saturated heterocycles. The molecule has 0 radical (unpaired) electrons. The van der Waals surface area contributed by atoms with Crippen molar-refractivity contribution in [2.75, 3.05) is 7.11 Å². The van der Waals surface area contributed by atoms with E-state index in [4.69, 9.17) is 10.8 Å². The second kappa shape index (κ2) is 4.56. The van der Waals surface area contributed by atoms with E-state index in [-0.39, 0.29) is 0 Å². The molecular formula is C10H11NO4. The first-order chi connectivity index (χ1) is 7.06. The third-order valence-electron chi connectivity index (χ3n) is 1.96. The van der Waals surface area contributed by atoms with E-state index in [2.05, 4.69) is 4.74 Å². The molecule has 0 heterocycles. The van der Waals surface area contributed by atoms with Gasteiger partial charge < -0.3 is 15.6 Å². The van der Waals surface area contributed by atoms with Crippen molar-refractivity contribution < 1.29 is 19.4 Å². The van der Waals surface area contributed by atoms with Gasteiger partial charge in [0.25, 0.3) is 0 Å². The van der Waals surface area contributed by atoms with Crippen molar-refractivity contribution in [3.05, 3.63) is 35.4 Å². The number of benzene rings is 1. The molecule has 0 aliphatic rings. The van der Waals surface area contributed by atoms with Gasteiger partial charge in [-0.3, -0.25) is 4.79 Å². The van der Waals surface area contributed by atoms with Gasteiger partial charge in [-0.25, -0.2) is 4.79 Å². The summed E-state index contributed by atoms with van der Waals surface area (Å²) >= 11 is 0. The quantitative estimate of drug-likeness (QED) is 0.710. The summed E-state index contributed by atoms with van der Waals surface area (Å²) in [6, 6.07) is 4.86. The first-order valence-corrected chi connectivity index (χ1v) is 4.23. The van der Waals surface area contributed by atoms with Crippen LogP contribution < -0.4 is 5.73 Å². The van der Waals surface area contributed by atoms with Crippen LogP contribution in [0.4, 0.5) is 0 Å². The molecule has 80 valence electrons. The van der Waals surface area contributed by atoms with Crippen molar-refractivity contribution in [2.24, 2.45) is 5.73 Å². The van der Waals surface area contributed by atoms with Crippen LogP contribution in [0.15, 0.2) is 24.3 Å². The lowest BCUT2D eigenvalue weighted by atomic mass is 10.1. The molecule has 0 aromatic heterocycles. The molecule has 0 fully saturated rings. The summed E-state index contributed by atoms with van der Waals surface area (Å²) in [4.78, 5) is 21.6. The van der Waals surface area contributed by atoms with Crippen LogP contribution in [-0.2, 0) is 9.53 Å². The van der Waals surface area contributed by atoms with E-state index >= 15 is 0 Å². The van der Waals surface area contributed by atoms with E-state index < -0.39 is 18.0 Å². The van der Waals surface area contributed by atoms with Crippen molar-refractivity contribution >= 4 is 11.9 Å². The van der Waals surface area contributed by atoms with Gasteiger partial charge in [-0.1, -0.05) is 12.1 Å². The van der Waals surface area contributed by atoms with E-state index in [0.717, 1.165) is 0 Å². The number of nitrogens with two attached hydrogens (primary N) is 1. The summed E-state index contributed by atoms with van der Waals surface area (Å²) in [5.41, 5.74) is 6.18. The number of carboxylic acids is 1. The molecule has 0 saturated carbocycles. The molecule has 0 bridgehead atoms. The Kier molecular flexibility index (Phi) is 3.41. The number of carbonyl (C=O) groups is 2. The SMILES string of the molecule is COC(=O)c1ccc([C@H](N)C(=O)O)cc1. The normalized spacial score (nSPS) is 11.9. The van der Waals surface area contributed by atoms with E-state index in [0.29, 0.717) is 11.1 Å². The van der Waals surface area contributed by atoms with E-state index in [1.54, 1.807) is 0 Å². The summed E-state index contributed by atoms with van der Waals surface area (Å²) in [5.74, 6) is -1.58. The lowest BCUT2D eigenvalue weighted by Crippen LogP contribution is -2.20. The number of carboxylic acid groups (broad SMARTS) is 1. The average Bonchev–Trinajstić information content (AvgIpc) is 2.27. The summed E-state index contributed by atoms with van der Waals surface area (Å²) in [7, 11) is 1.28. The van der Waals surface area contributed by atoms with Crippen LogP contribution in [0, 0.1) is 0 Å². The highest BCUT2D eigenvalue weighted by atomic mass is 16.5. The molecule has 0 amide bonds. The van der Waals surface area contributed by atoms with Crippen LogP contribution in [0.3, 0.4) is 0 Å². The van der Waals surface area contributed by atoms with Gasteiger partial charge in [0, 0.05) is 0 Å². The Morgan fingerprint density at radius 3 is 2.27 bits per heavy atom. The van der Waals surface area contributed by atoms with Crippen molar-refractivity contribution in [2.45, 2.75) is 6.04 Å². The Morgan fingerprint density at radius 1 is 1.33 bits per heavy atom. The Bertz CT molecular complexity index is 372. The molecule has 1 rings (SSSR count). The zero-order chi connectivity index (χ0) is 11.4. The fourth-order valence-electron chi connectivity index (χ4n) is 1.09. The monoisotopic (exact) mass is 209 g/mol. The van der Waals surface area contributed by atoms with E-state index in [9.17, 15) is 9.59 Å². The standard InChI is InChI=1S/C10H11NO4/c1-15-10(14)7-4-2-6(3-5-7)8(11)9(12)13/h2-5,8H,11H2,1H3,(H,12,13)/t8-/m0/s1. The zero-order valence-corrected chi connectivity index (χ0v) is 8.14. The van der Waals surface area contributed by atoms with Gasteiger partial charge in [0.1, 0.15) is 6.04 Å². The lowest BCUT2D eigenvalue weighted by molar-refractivity contribution is -0.138. The summed E-state index contributed by atoms with van der Waals surface area (Å²) in [6.07, 6.45) is 0. The van der Waals surface area contributed by atoms with Crippen molar-refractivity contribution in [3.63, 3.8) is 0 Å². The Hall–Kier alpha value is -1.88. The van der Waals surface area contributed by atoms with Gasteiger partial charge in [0.2, 0.25) is 0 Å². The van der Waals surface area contributed by atoms with Gasteiger partial charge in [-0.05, 0) is 17.7 Å². The first-order valence-electron chi connectivity index (χ1n) is 4.23. The molecule has 3 N–H and O–H groups in total. The van der Waals surface area contributed by atoms with Crippen molar-refractivity contribution in [3.8, 4) is 0 Å². The fourth-order valence-corrected chi connectivity index (χ4v) is 1.09. The Morgan fingerprint density at radius 2 is 1.87 bits per heavy atom. The molecule has 1 atom stereocenters. The maximum absolute atomic E-state index is 11.1. The van der Waals surface area contributed by atoms with Crippen molar-refractivity contribution in [1.82, 2.24) is 0 Å². The maximum Gasteiger partial charge on any atom is 0.337 e. The van der Waals surface area contributed by atoms with Gasteiger partial charge in [-0.15, -0.1) is 0 Å². The third-order valence-corrected chi connectivity index (χ3v) is 1.96. The van der Waals surface area contributed by atoms with Crippen LogP contribution in [0.2, 0.25) is 0 Å². The van der Waals surface area contributed by atoms with E-state index in [1.807, 2.05) is 0 Å². The third kappa shape index (κ3) is 2.54. The molecule has 15 heavy (non-hydrogen) atoms. The topological polar surface area (TPSA) is 89.6 Å². The maximum atomic E-state index is 11.1. The highest BCUT2D eigenvalue weighted by Crippen LogP contribution is 2.12. The smallest absolute Gasteiger partial charge is 0.337 e. The first kappa shape index (κ1) is 11.2. The highest BCUT2D eigenvalue weighted by molar-refractivity contribution is 5.89. The van der Waals surface area contributed by atoms with Gasteiger partial charge in [0.05, 0.1) is 12.7 Å². The minimum atomic E-state index is -1.11. The van der Waals surface area contributed by atoms with Crippen LogP contribution in [-0.4, -0.2) is 24.2 Å². The number of aliphatic carboxylic acids is 1. The molecule has 5 heteroatoms. The molecule has 1 aromatic rings. The number of methoxy groups -OCH3 is 1. The number of rotatable bonds is 3.